The van der Waals surface area contributed by atoms with Crippen molar-refractivity contribution in [1.29, 1.82) is 0 Å². The lowest BCUT2D eigenvalue weighted by atomic mass is 10.1. The lowest BCUT2D eigenvalue weighted by Gasteiger charge is -2.26. The molecular formula is C13H17ClFNO. The van der Waals surface area contributed by atoms with E-state index in [9.17, 15) is 4.39 Å². The highest BCUT2D eigenvalue weighted by Crippen LogP contribution is 2.18. The number of rotatable bonds is 4. The summed E-state index contributed by atoms with van der Waals surface area (Å²) in [6.45, 7) is 4.74. The molecule has 0 aromatic heterocycles. The summed E-state index contributed by atoms with van der Waals surface area (Å²) in [7, 11) is 0. The Labute approximate surface area is 106 Å². The van der Waals surface area contributed by atoms with E-state index in [1.54, 1.807) is 6.07 Å². The van der Waals surface area contributed by atoms with Crippen LogP contribution in [0.1, 0.15) is 12.0 Å². The maximum absolute atomic E-state index is 12.9. The van der Waals surface area contributed by atoms with Gasteiger partial charge in [-0.1, -0.05) is 17.7 Å². The first-order chi connectivity index (χ1) is 8.25. The third-order valence-electron chi connectivity index (χ3n) is 3.04. The summed E-state index contributed by atoms with van der Waals surface area (Å²) in [4.78, 5) is 2.39. The molecular weight excluding hydrogens is 241 g/mol. The van der Waals surface area contributed by atoms with Gasteiger partial charge in [-0.15, -0.1) is 0 Å². The zero-order chi connectivity index (χ0) is 12.1. The van der Waals surface area contributed by atoms with Crippen LogP contribution in [0, 0.1) is 5.82 Å². The van der Waals surface area contributed by atoms with E-state index < -0.39 is 0 Å². The largest absolute Gasteiger partial charge is 0.379 e. The van der Waals surface area contributed by atoms with Gasteiger partial charge in [0.15, 0.2) is 0 Å². The van der Waals surface area contributed by atoms with Crippen LogP contribution in [0.2, 0.25) is 5.02 Å². The number of hydrogen-bond acceptors (Lipinski definition) is 2. The predicted molar refractivity (Wildman–Crippen MR) is 67.0 cm³/mol. The minimum absolute atomic E-state index is 0.271. The van der Waals surface area contributed by atoms with Gasteiger partial charge in [-0.25, -0.2) is 4.39 Å². The first kappa shape index (κ1) is 12.8. The van der Waals surface area contributed by atoms with Crippen LogP contribution in [0.4, 0.5) is 4.39 Å². The maximum Gasteiger partial charge on any atom is 0.124 e. The monoisotopic (exact) mass is 257 g/mol. The van der Waals surface area contributed by atoms with Crippen LogP contribution in [0.5, 0.6) is 0 Å². The molecule has 1 heterocycles. The Balaban J connectivity index is 1.77. The van der Waals surface area contributed by atoms with Crippen molar-refractivity contribution < 1.29 is 9.13 Å². The molecule has 0 atom stereocenters. The summed E-state index contributed by atoms with van der Waals surface area (Å²) >= 11 is 5.98. The Morgan fingerprint density at radius 3 is 2.76 bits per heavy atom. The average molecular weight is 258 g/mol. The topological polar surface area (TPSA) is 12.5 Å². The number of nitrogens with zero attached hydrogens (tertiary/aromatic N) is 1. The van der Waals surface area contributed by atoms with Gasteiger partial charge in [0, 0.05) is 18.1 Å². The molecule has 1 aliphatic heterocycles. The minimum Gasteiger partial charge on any atom is -0.379 e. The summed E-state index contributed by atoms with van der Waals surface area (Å²) in [6.07, 6.45) is 1.95. The summed E-state index contributed by atoms with van der Waals surface area (Å²) in [5.41, 5.74) is 1.03. The lowest BCUT2D eigenvalue weighted by Crippen LogP contribution is -2.36. The van der Waals surface area contributed by atoms with Crippen LogP contribution in [0.25, 0.3) is 0 Å². The van der Waals surface area contributed by atoms with E-state index in [1.165, 1.54) is 12.1 Å². The third-order valence-corrected chi connectivity index (χ3v) is 3.39. The average Bonchev–Trinajstić information content (AvgIpc) is 2.33. The SMILES string of the molecule is Fc1ccc(CCCN2CCOCC2)c(Cl)c1. The Hall–Kier alpha value is -0.640. The zero-order valence-corrected chi connectivity index (χ0v) is 10.5. The lowest BCUT2D eigenvalue weighted by molar-refractivity contribution is 0.0375. The molecule has 0 unspecified atom stereocenters. The first-order valence-electron chi connectivity index (χ1n) is 6.00. The fourth-order valence-electron chi connectivity index (χ4n) is 2.04. The van der Waals surface area contributed by atoms with E-state index in [0.29, 0.717) is 5.02 Å². The summed E-state index contributed by atoms with van der Waals surface area (Å²) < 4.78 is 18.1. The van der Waals surface area contributed by atoms with Crippen LogP contribution >= 0.6 is 11.6 Å². The van der Waals surface area contributed by atoms with Crippen LogP contribution < -0.4 is 0 Å². The highest BCUT2D eigenvalue weighted by molar-refractivity contribution is 6.31. The normalized spacial score (nSPS) is 17.3. The number of ether oxygens (including phenoxy) is 1. The zero-order valence-electron chi connectivity index (χ0n) is 9.79. The van der Waals surface area contributed by atoms with Gasteiger partial charge in [-0.2, -0.15) is 0 Å². The van der Waals surface area contributed by atoms with Gasteiger partial charge in [0.05, 0.1) is 13.2 Å². The number of aryl methyl sites for hydroxylation is 1. The second-order valence-corrected chi connectivity index (χ2v) is 4.70. The van der Waals surface area contributed by atoms with E-state index in [-0.39, 0.29) is 5.82 Å². The highest BCUT2D eigenvalue weighted by Gasteiger charge is 2.10. The van der Waals surface area contributed by atoms with E-state index in [0.717, 1.165) is 51.3 Å². The van der Waals surface area contributed by atoms with Gasteiger partial charge in [0.25, 0.3) is 0 Å². The van der Waals surface area contributed by atoms with Crippen LogP contribution in [-0.2, 0) is 11.2 Å². The summed E-state index contributed by atoms with van der Waals surface area (Å²) in [5.74, 6) is -0.271. The Morgan fingerprint density at radius 2 is 2.06 bits per heavy atom. The Morgan fingerprint density at radius 1 is 1.29 bits per heavy atom. The van der Waals surface area contributed by atoms with Gasteiger partial charge in [0.1, 0.15) is 5.82 Å². The van der Waals surface area contributed by atoms with Gasteiger partial charge >= 0.3 is 0 Å². The second-order valence-electron chi connectivity index (χ2n) is 4.29. The predicted octanol–water partition coefficient (Wildman–Crippen LogP) is 2.74. The molecule has 0 aliphatic carbocycles. The van der Waals surface area contributed by atoms with Crippen molar-refractivity contribution in [3.8, 4) is 0 Å². The molecule has 0 radical (unpaired) electrons. The molecule has 4 heteroatoms. The molecule has 94 valence electrons. The molecule has 2 nitrogen and oxygen atoms in total. The molecule has 17 heavy (non-hydrogen) atoms. The van der Waals surface area contributed by atoms with Crippen LogP contribution in [0.15, 0.2) is 18.2 Å². The summed E-state index contributed by atoms with van der Waals surface area (Å²) in [6, 6.07) is 4.62. The van der Waals surface area contributed by atoms with Gasteiger partial charge in [-0.3, -0.25) is 4.90 Å². The molecule has 1 fully saturated rings. The van der Waals surface area contributed by atoms with Crippen molar-refractivity contribution in [1.82, 2.24) is 4.90 Å². The second kappa shape index (κ2) is 6.34. The van der Waals surface area contributed by atoms with Crippen molar-refractivity contribution in [2.45, 2.75) is 12.8 Å². The highest BCUT2D eigenvalue weighted by atomic mass is 35.5. The van der Waals surface area contributed by atoms with Gasteiger partial charge < -0.3 is 4.74 Å². The molecule has 0 bridgehead atoms. The van der Waals surface area contributed by atoms with Gasteiger partial charge in [-0.05, 0) is 37.1 Å². The molecule has 1 saturated heterocycles. The molecule has 0 spiro atoms. The van der Waals surface area contributed by atoms with E-state index in [1.807, 2.05) is 0 Å². The molecule has 0 amide bonds. The van der Waals surface area contributed by atoms with E-state index in [2.05, 4.69) is 4.90 Å². The maximum atomic E-state index is 12.9. The first-order valence-corrected chi connectivity index (χ1v) is 6.37. The summed E-state index contributed by atoms with van der Waals surface area (Å²) in [5, 5.41) is 0.534. The Kier molecular flexibility index (Phi) is 4.77. The molecule has 1 aromatic carbocycles. The quantitative estimate of drug-likeness (QED) is 0.822. The fraction of sp³-hybridized carbons (Fsp3) is 0.538. The van der Waals surface area contributed by atoms with Crippen molar-refractivity contribution in [2.75, 3.05) is 32.8 Å². The van der Waals surface area contributed by atoms with Crippen molar-refractivity contribution in [3.05, 3.63) is 34.6 Å². The van der Waals surface area contributed by atoms with Gasteiger partial charge in [0.2, 0.25) is 0 Å². The standard InChI is InChI=1S/C13H17ClFNO/c14-13-10-12(15)4-3-11(13)2-1-5-16-6-8-17-9-7-16/h3-4,10H,1-2,5-9H2. The van der Waals surface area contributed by atoms with Crippen molar-refractivity contribution in [3.63, 3.8) is 0 Å². The number of hydrogen-bond donors (Lipinski definition) is 0. The molecule has 2 rings (SSSR count). The Bertz CT molecular complexity index is 366. The molecule has 1 aromatic rings. The molecule has 0 N–H and O–H groups in total. The fourth-order valence-corrected chi connectivity index (χ4v) is 2.30. The van der Waals surface area contributed by atoms with E-state index >= 15 is 0 Å². The molecule has 1 aliphatic rings. The smallest absolute Gasteiger partial charge is 0.124 e. The number of halogens is 2. The third kappa shape index (κ3) is 3.95. The van der Waals surface area contributed by atoms with E-state index in [4.69, 9.17) is 16.3 Å². The molecule has 0 saturated carbocycles. The minimum atomic E-state index is -0.271. The van der Waals surface area contributed by atoms with Crippen molar-refractivity contribution >= 4 is 11.6 Å². The number of benzene rings is 1. The number of morpholine rings is 1. The van der Waals surface area contributed by atoms with Crippen LogP contribution in [0.3, 0.4) is 0 Å². The van der Waals surface area contributed by atoms with Crippen LogP contribution in [-0.4, -0.2) is 37.7 Å². The van der Waals surface area contributed by atoms with Crippen molar-refractivity contribution in [2.24, 2.45) is 0 Å².